The fourth-order valence-corrected chi connectivity index (χ4v) is 7.82. The molecule has 1 saturated heterocycles. The largest absolute Gasteiger partial charge is 0.350 e. The molecule has 7 heteroatoms. The number of piperazine rings is 1. The fraction of sp³-hybridized carbons (Fsp3) is 0.452. The van der Waals surface area contributed by atoms with E-state index >= 15 is 4.39 Å². The van der Waals surface area contributed by atoms with Gasteiger partial charge in [-0.2, -0.15) is 0 Å². The molecule has 4 heterocycles. The number of halogens is 2. The van der Waals surface area contributed by atoms with Crippen molar-refractivity contribution in [2.24, 2.45) is 0 Å². The summed E-state index contributed by atoms with van der Waals surface area (Å²) in [6, 6.07) is 6.75. The van der Waals surface area contributed by atoms with Crippen molar-refractivity contribution in [1.29, 1.82) is 0 Å². The highest BCUT2D eigenvalue weighted by atomic mass is 35.5. The molecule has 2 aromatic heterocycles. The van der Waals surface area contributed by atoms with Crippen LogP contribution in [0.5, 0.6) is 0 Å². The summed E-state index contributed by atoms with van der Waals surface area (Å²) < 4.78 is 17.2. The topological polar surface area (TPSA) is 45.2 Å². The molecule has 0 spiro atoms. The number of aryl methyl sites for hydroxylation is 2. The Morgan fingerprint density at radius 3 is 2.61 bits per heavy atom. The number of anilines is 1. The number of aromatic nitrogens is 3. The van der Waals surface area contributed by atoms with Crippen LogP contribution in [-0.4, -0.2) is 50.6 Å². The van der Waals surface area contributed by atoms with E-state index < -0.39 is 5.67 Å². The Kier molecular flexibility index (Phi) is 5.01. The van der Waals surface area contributed by atoms with Gasteiger partial charge < -0.3 is 4.90 Å². The minimum Gasteiger partial charge on any atom is -0.350 e. The van der Waals surface area contributed by atoms with Crippen LogP contribution in [0.4, 0.5) is 10.2 Å². The van der Waals surface area contributed by atoms with Crippen molar-refractivity contribution in [2.45, 2.75) is 77.7 Å². The molecular weight excluding hydrogens is 497 g/mol. The van der Waals surface area contributed by atoms with Crippen LogP contribution in [0.15, 0.2) is 30.7 Å². The van der Waals surface area contributed by atoms with Crippen LogP contribution < -0.4 is 4.90 Å². The third kappa shape index (κ3) is 3.10. The lowest BCUT2D eigenvalue weighted by molar-refractivity contribution is 0.0609. The summed E-state index contributed by atoms with van der Waals surface area (Å²) in [5.74, 6) is 0.884. The molecule has 4 aromatic rings. The Hall–Kier alpha value is -2.83. The third-order valence-corrected chi connectivity index (χ3v) is 9.52. The lowest BCUT2D eigenvalue weighted by Crippen LogP contribution is -2.62. The summed E-state index contributed by atoms with van der Waals surface area (Å²) in [5.41, 5.74) is 3.70. The predicted octanol–water partition coefficient (Wildman–Crippen LogP) is 6.98. The zero-order valence-electron chi connectivity index (χ0n) is 22.9. The van der Waals surface area contributed by atoms with Crippen LogP contribution in [0.25, 0.3) is 32.8 Å². The zero-order chi connectivity index (χ0) is 26.7. The molecule has 2 aromatic carbocycles. The summed E-state index contributed by atoms with van der Waals surface area (Å²) in [4.78, 5) is 19.2. The first-order valence-electron chi connectivity index (χ1n) is 13.6. The average Bonchev–Trinajstić information content (AvgIpc) is 3.02. The Bertz CT molecular complexity index is 1660. The van der Waals surface area contributed by atoms with Crippen molar-refractivity contribution in [1.82, 2.24) is 19.9 Å². The van der Waals surface area contributed by atoms with Gasteiger partial charge in [-0.15, -0.1) is 0 Å². The minimum atomic E-state index is -1.85. The van der Waals surface area contributed by atoms with Gasteiger partial charge in [0, 0.05) is 58.8 Å². The molecule has 3 aliphatic rings. The summed E-state index contributed by atoms with van der Waals surface area (Å²) in [5, 5.41) is 3.37. The molecule has 2 aliphatic heterocycles. The molecule has 0 saturated carbocycles. The first-order chi connectivity index (χ1) is 18.0. The van der Waals surface area contributed by atoms with E-state index in [1.165, 1.54) is 0 Å². The van der Waals surface area contributed by atoms with Gasteiger partial charge in [-0.05, 0) is 82.5 Å². The number of rotatable bonds is 0. The van der Waals surface area contributed by atoms with Crippen molar-refractivity contribution < 1.29 is 4.39 Å². The molecule has 0 radical (unpaired) electrons. The van der Waals surface area contributed by atoms with Gasteiger partial charge in [0.15, 0.2) is 5.67 Å². The minimum absolute atomic E-state index is 0.0768. The molecule has 5 nitrogen and oxygen atoms in total. The normalized spacial score (nSPS) is 24.9. The molecule has 3 atom stereocenters. The fourth-order valence-electron chi connectivity index (χ4n) is 7.44. The van der Waals surface area contributed by atoms with Crippen LogP contribution in [-0.2, 0) is 12.1 Å². The molecule has 0 amide bonds. The average molecular weight is 530 g/mol. The smallest absolute Gasteiger partial charge is 0.178 e. The molecular formula is C31H33ClFN5. The second-order valence-electron chi connectivity index (χ2n) is 12.5. The van der Waals surface area contributed by atoms with Crippen LogP contribution >= 0.6 is 11.6 Å². The van der Waals surface area contributed by atoms with Crippen LogP contribution in [0, 0.1) is 6.92 Å². The van der Waals surface area contributed by atoms with Crippen LogP contribution in [0.3, 0.4) is 0 Å². The Morgan fingerprint density at radius 2 is 1.84 bits per heavy atom. The number of alkyl halides is 1. The zero-order valence-corrected chi connectivity index (χ0v) is 23.6. The highest BCUT2D eigenvalue weighted by Gasteiger charge is 2.45. The summed E-state index contributed by atoms with van der Waals surface area (Å²) >= 11 is 7.39. The molecule has 0 N–H and O–H groups in total. The highest BCUT2D eigenvalue weighted by Crippen LogP contribution is 2.56. The van der Waals surface area contributed by atoms with Crippen molar-refractivity contribution >= 4 is 39.1 Å². The number of nitrogens with zero attached hydrogens (tertiary/aromatic N) is 5. The van der Waals surface area contributed by atoms with Crippen molar-refractivity contribution in [2.75, 3.05) is 18.0 Å². The lowest BCUT2D eigenvalue weighted by atomic mass is 9.75. The number of pyridine rings is 1. The first kappa shape index (κ1) is 24.2. The molecule has 1 fully saturated rings. The maximum Gasteiger partial charge on any atom is 0.178 e. The predicted molar refractivity (Wildman–Crippen MR) is 153 cm³/mol. The van der Waals surface area contributed by atoms with Crippen molar-refractivity contribution in [3.63, 3.8) is 0 Å². The van der Waals surface area contributed by atoms with Crippen molar-refractivity contribution in [3.05, 3.63) is 58.1 Å². The van der Waals surface area contributed by atoms with Gasteiger partial charge in [-0.1, -0.05) is 23.7 Å². The Labute approximate surface area is 228 Å². The first-order valence-corrected chi connectivity index (χ1v) is 14.0. The monoisotopic (exact) mass is 529 g/mol. The summed E-state index contributed by atoms with van der Waals surface area (Å²) in [6.45, 7) is 14.6. The van der Waals surface area contributed by atoms with Gasteiger partial charge in [0.25, 0.3) is 0 Å². The van der Waals surface area contributed by atoms with E-state index in [2.05, 4.69) is 55.5 Å². The number of hydrogen-bond acceptors (Lipinski definition) is 5. The van der Waals surface area contributed by atoms with Gasteiger partial charge in [0.1, 0.15) is 12.1 Å². The molecule has 38 heavy (non-hydrogen) atoms. The van der Waals surface area contributed by atoms with E-state index in [1.807, 2.05) is 12.1 Å². The van der Waals surface area contributed by atoms with Gasteiger partial charge in [-0.3, -0.25) is 9.88 Å². The summed E-state index contributed by atoms with van der Waals surface area (Å²) in [6.07, 6.45) is 5.06. The molecule has 1 unspecified atom stereocenters. The highest BCUT2D eigenvalue weighted by molar-refractivity contribution is 6.37. The van der Waals surface area contributed by atoms with Gasteiger partial charge >= 0.3 is 0 Å². The Morgan fingerprint density at radius 1 is 1.05 bits per heavy atom. The lowest BCUT2D eigenvalue weighted by Gasteiger charge is -2.50. The maximum atomic E-state index is 17.2. The second kappa shape index (κ2) is 7.86. The van der Waals surface area contributed by atoms with E-state index in [-0.39, 0.29) is 5.54 Å². The van der Waals surface area contributed by atoms with Crippen molar-refractivity contribution in [3.8, 4) is 11.1 Å². The molecule has 196 valence electrons. The van der Waals surface area contributed by atoms with E-state index in [0.29, 0.717) is 33.9 Å². The third-order valence-electron chi connectivity index (χ3n) is 9.11. The van der Waals surface area contributed by atoms with Gasteiger partial charge in [0.05, 0.1) is 16.2 Å². The quantitative estimate of drug-likeness (QED) is 0.246. The number of benzene rings is 2. The van der Waals surface area contributed by atoms with E-state index in [4.69, 9.17) is 21.6 Å². The van der Waals surface area contributed by atoms with Gasteiger partial charge in [0.2, 0.25) is 0 Å². The van der Waals surface area contributed by atoms with Crippen LogP contribution in [0.2, 0.25) is 5.02 Å². The Balaban J connectivity index is 1.55. The summed E-state index contributed by atoms with van der Waals surface area (Å²) in [7, 11) is 0. The molecule has 0 bridgehead atoms. The number of hydrogen-bond donors (Lipinski definition) is 0. The van der Waals surface area contributed by atoms with Gasteiger partial charge in [-0.25, -0.2) is 14.4 Å². The van der Waals surface area contributed by atoms with E-state index in [1.54, 1.807) is 19.4 Å². The maximum absolute atomic E-state index is 17.2. The second-order valence-corrected chi connectivity index (χ2v) is 12.9. The van der Waals surface area contributed by atoms with E-state index in [0.717, 1.165) is 70.2 Å². The van der Waals surface area contributed by atoms with E-state index in [9.17, 15) is 0 Å². The SMILES string of the molecule is Cc1ccc2ccnc3c2c1-c1c(Cl)c2c4c(ncnc4c1C3(C)F)N1C[C@@H](C)N(C(C)(C)C)C[C@H]1CC2. The molecule has 1 aliphatic carbocycles. The standard InChI is InChI=1S/C31H33ClFN5/c1-16-7-8-18-11-12-34-28-22(18)21(16)24-25(31(28,6)33)27-23-20(26(24)32)10-9-19-14-38(30(3,4)5)17(2)13-37(19)29(23)36-15-35-27/h7-8,11-12,15,17,19H,9-10,13-14H2,1-6H3/t17-,19-,31?/m1/s1. The number of fused-ring (bicyclic) bond motifs is 5. The molecule has 7 rings (SSSR count). The van der Waals surface area contributed by atoms with Crippen LogP contribution in [0.1, 0.15) is 63.4 Å².